The van der Waals surface area contributed by atoms with Crippen molar-refractivity contribution >= 4 is 34.6 Å². The SMILES string of the molecule is CCn1cc(C2=NOC(C(=O)Nc3cc(Oc4ccc(Cl)cc4C)cc([N+](=O)[O-])c3)C2)c(C)n1. The van der Waals surface area contributed by atoms with E-state index in [0.717, 1.165) is 16.8 Å². The van der Waals surface area contributed by atoms with Gasteiger partial charge in [-0.25, -0.2) is 0 Å². The average Bonchev–Trinajstić information content (AvgIpc) is 3.42. The first kappa shape index (κ1) is 23.2. The molecule has 1 atom stereocenters. The summed E-state index contributed by atoms with van der Waals surface area (Å²) in [4.78, 5) is 29.1. The molecule has 2 heterocycles. The maximum absolute atomic E-state index is 12.8. The molecular weight excluding hydrogens is 462 g/mol. The second-order valence-electron chi connectivity index (χ2n) is 7.79. The van der Waals surface area contributed by atoms with Gasteiger partial charge in [0.1, 0.15) is 11.5 Å². The van der Waals surface area contributed by atoms with E-state index in [9.17, 15) is 14.9 Å². The summed E-state index contributed by atoms with van der Waals surface area (Å²) in [6.45, 7) is 6.36. The van der Waals surface area contributed by atoms with Gasteiger partial charge in [-0.3, -0.25) is 19.6 Å². The Hall–Kier alpha value is -3.92. The molecule has 1 N–H and O–H groups in total. The Morgan fingerprint density at radius 1 is 1.32 bits per heavy atom. The molecule has 176 valence electrons. The molecule has 34 heavy (non-hydrogen) atoms. The van der Waals surface area contributed by atoms with Gasteiger partial charge < -0.3 is 14.9 Å². The smallest absolute Gasteiger partial charge is 0.275 e. The monoisotopic (exact) mass is 483 g/mol. The van der Waals surface area contributed by atoms with Crippen LogP contribution in [0.15, 0.2) is 47.8 Å². The number of nitrogens with one attached hydrogen (secondary N) is 1. The number of hydrogen-bond acceptors (Lipinski definition) is 7. The highest BCUT2D eigenvalue weighted by Crippen LogP contribution is 2.32. The lowest BCUT2D eigenvalue weighted by Crippen LogP contribution is -2.28. The number of nitro groups is 1. The fourth-order valence-electron chi connectivity index (χ4n) is 3.54. The number of ether oxygens (including phenoxy) is 1. The van der Waals surface area contributed by atoms with Gasteiger partial charge in [0.2, 0.25) is 6.10 Å². The number of anilines is 1. The van der Waals surface area contributed by atoms with Crippen molar-refractivity contribution in [2.45, 2.75) is 39.8 Å². The molecule has 0 aliphatic carbocycles. The summed E-state index contributed by atoms with van der Waals surface area (Å²) >= 11 is 5.98. The molecule has 0 bridgehead atoms. The highest BCUT2D eigenvalue weighted by molar-refractivity contribution is 6.30. The maximum Gasteiger partial charge on any atom is 0.275 e. The van der Waals surface area contributed by atoms with Gasteiger partial charge in [0, 0.05) is 41.9 Å². The third kappa shape index (κ3) is 5.01. The van der Waals surface area contributed by atoms with Crippen molar-refractivity contribution in [3.05, 3.63) is 74.6 Å². The summed E-state index contributed by atoms with van der Waals surface area (Å²) < 4.78 is 7.61. The fraction of sp³-hybridized carbons (Fsp3) is 0.261. The van der Waals surface area contributed by atoms with E-state index in [4.69, 9.17) is 21.2 Å². The van der Waals surface area contributed by atoms with Crippen LogP contribution < -0.4 is 10.1 Å². The van der Waals surface area contributed by atoms with E-state index in [1.165, 1.54) is 18.2 Å². The van der Waals surface area contributed by atoms with Crippen LogP contribution in [-0.4, -0.2) is 32.4 Å². The van der Waals surface area contributed by atoms with Gasteiger partial charge in [-0.05, 0) is 44.5 Å². The number of nitro benzene ring substituents is 1. The summed E-state index contributed by atoms with van der Waals surface area (Å²) in [6.07, 6.45) is 1.24. The van der Waals surface area contributed by atoms with E-state index >= 15 is 0 Å². The minimum atomic E-state index is -0.874. The standard InChI is InChI=1S/C23H22ClN5O5/c1-4-28-12-19(14(3)26-28)20-11-22(34-27-20)23(30)25-16-8-17(29(31)32)10-18(9-16)33-21-6-5-15(24)7-13(21)2/h5-10,12,22H,4,11H2,1-3H3,(H,25,30). The number of carbonyl (C=O) groups is 1. The topological polar surface area (TPSA) is 121 Å². The summed E-state index contributed by atoms with van der Waals surface area (Å²) in [5.74, 6) is 0.206. The van der Waals surface area contributed by atoms with Crippen LogP contribution in [0.2, 0.25) is 5.02 Å². The second-order valence-corrected chi connectivity index (χ2v) is 8.23. The number of hydrogen-bond donors (Lipinski definition) is 1. The quantitative estimate of drug-likeness (QED) is 0.372. The summed E-state index contributed by atoms with van der Waals surface area (Å²) in [7, 11) is 0. The zero-order chi connectivity index (χ0) is 24.4. The second kappa shape index (κ2) is 9.52. The number of aromatic nitrogens is 2. The van der Waals surface area contributed by atoms with Crippen molar-refractivity contribution < 1.29 is 19.3 Å². The summed E-state index contributed by atoms with van der Waals surface area (Å²) in [6, 6.07) is 9.09. The Balaban J connectivity index is 1.50. The molecule has 0 saturated heterocycles. The highest BCUT2D eigenvalue weighted by Gasteiger charge is 2.31. The van der Waals surface area contributed by atoms with Crippen molar-refractivity contribution in [2.75, 3.05) is 5.32 Å². The van der Waals surface area contributed by atoms with Gasteiger partial charge in [0.05, 0.1) is 28.1 Å². The Morgan fingerprint density at radius 2 is 2.12 bits per heavy atom. The first-order chi connectivity index (χ1) is 16.2. The fourth-order valence-corrected chi connectivity index (χ4v) is 3.76. The van der Waals surface area contributed by atoms with E-state index in [1.54, 1.807) is 22.9 Å². The van der Waals surface area contributed by atoms with Crippen LogP contribution >= 0.6 is 11.6 Å². The van der Waals surface area contributed by atoms with E-state index < -0.39 is 16.9 Å². The van der Waals surface area contributed by atoms with Gasteiger partial charge in [-0.2, -0.15) is 5.10 Å². The molecule has 3 aromatic rings. The largest absolute Gasteiger partial charge is 0.457 e. The third-order valence-electron chi connectivity index (χ3n) is 5.28. The van der Waals surface area contributed by atoms with E-state index in [1.807, 2.05) is 27.0 Å². The summed E-state index contributed by atoms with van der Waals surface area (Å²) in [5.41, 5.74) is 2.97. The van der Waals surface area contributed by atoms with Crippen molar-refractivity contribution in [1.29, 1.82) is 0 Å². The zero-order valence-corrected chi connectivity index (χ0v) is 19.5. The summed E-state index contributed by atoms with van der Waals surface area (Å²) in [5, 5.41) is 23.1. The number of nitrogens with zero attached hydrogens (tertiary/aromatic N) is 4. The van der Waals surface area contributed by atoms with Crippen LogP contribution in [-0.2, 0) is 16.2 Å². The van der Waals surface area contributed by atoms with Crippen molar-refractivity contribution in [2.24, 2.45) is 5.16 Å². The van der Waals surface area contributed by atoms with Crippen molar-refractivity contribution in [3.63, 3.8) is 0 Å². The van der Waals surface area contributed by atoms with Gasteiger partial charge in [0.25, 0.3) is 11.6 Å². The van der Waals surface area contributed by atoms with Crippen LogP contribution in [0.5, 0.6) is 11.5 Å². The van der Waals surface area contributed by atoms with Gasteiger partial charge >= 0.3 is 0 Å². The number of aryl methyl sites for hydroxylation is 3. The normalized spacial score (nSPS) is 14.9. The molecule has 0 radical (unpaired) electrons. The average molecular weight is 484 g/mol. The van der Waals surface area contributed by atoms with E-state index in [-0.39, 0.29) is 23.5 Å². The molecule has 1 unspecified atom stereocenters. The molecule has 0 fully saturated rings. The molecule has 1 amide bonds. The Labute approximate surface area is 200 Å². The Morgan fingerprint density at radius 3 is 2.79 bits per heavy atom. The van der Waals surface area contributed by atoms with Gasteiger partial charge in [-0.15, -0.1) is 0 Å². The predicted molar refractivity (Wildman–Crippen MR) is 127 cm³/mol. The van der Waals surface area contributed by atoms with Crippen LogP contribution in [0.1, 0.15) is 30.2 Å². The van der Waals surface area contributed by atoms with Crippen molar-refractivity contribution in [1.82, 2.24) is 9.78 Å². The van der Waals surface area contributed by atoms with Crippen LogP contribution in [0.4, 0.5) is 11.4 Å². The van der Waals surface area contributed by atoms with E-state index in [2.05, 4.69) is 15.6 Å². The number of halogens is 1. The molecule has 1 aromatic heterocycles. The van der Waals surface area contributed by atoms with Crippen LogP contribution in [0.3, 0.4) is 0 Å². The van der Waals surface area contributed by atoms with Crippen LogP contribution in [0.25, 0.3) is 0 Å². The number of carbonyl (C=O) groups excluding carboxylic acids is 1. The van der Waals surface area contributed by atoms with E-state index in [0.29, 0.717) is 23.0 Å². The lowest BCUT2D eigenvalue weighted by atomic mass is 10.1. The predicted octanol–water partition coefficient (Wildman–Crippen LogP) is 5.01. The Bertz CT molecular complexity index is 1300. The highest BCUT2D eigenvalue weighted by atomic mass is 35.5. The third-order valence-corrected chi connectivity index (χ3v) is 5.51. The van der Waals surface area contributed by atoms with Crippen molar-refractivity contribution in [3.8, 4) is 11.5 Å². The Kier molecular flexibility index (Phi) is 6.51. The molecule has 1 aliphatic rings. The zero-order valence-electron chi connectivity index (χ0n) is 18.7. The molecule has 1 aliphatic heterocycles. The van der Waals surface area contributed by atoms with Crippen LogP contribution in [0, 0.1) is 24.0 Å². The first-order valence-corrected chi connectivity index (χ1v) is 10.9. The molecule has 0 spiro atoms. The number of oxime groups is 1. The molecule has 2 aromatic carbocycles. The molecule has 10 nitrogen and oxygen atoms in total. The molecular formula is C23H22ClN5O5. The minimum Gasteiger partial charge on any atom is -0.457 e. The van der Waals surface area contributed by atoms with Gasteiger partial charge in [0.15, 0.2) is 0 Å². The first-order valence-electron chi connectivity index (χ1n) is 10.5. The lowest BCUT2D eigenvalue weighted by molar-refractivity contribution is -0.384. The lowest BCUT2D eigenvalue weighted by Gasteiger charge is -2.12. The number of benzene rings is 2. The minimum absolute atomic E-state index is 0.196. The number of amides is 1. The molecule has 4 rings (SSSR count). The number of rotatable bonds is 7. The molecule has 11 heteroatoms. The van der Waals surface area contributed by atoms with Gasteiger partial charge in [-0.1, -0.05) is 16.8 Å². The maximum atomic E-state index is 12.8. The molecule has 0 saturated carbocycles. The number of non-ortho nitro benzene ring substituents is 1.